The van der Waals surface area contributed by atoms with Crippen LogP contribution in [0.4, 0.5) is 0 Å². The Balaban J connectivity index is 2.46. The third kappa shape index (κ3) is 3.18. The number of nitrogens with two attached hydrogens (primary N) is 1. The van der Waals surface area contributed by atoms with E-state index in [2.05, 4.69) is 40.4 Å². The van der Waals surface area contributed by atoms with Crippen LogP contribution in [0.2, 0.25) is 5.02 Å². The predicted molar refractivity (Wildman–Crippen MR) is 84.2 cm³/mol. The number of aryl methyl sites for hydroxylation is 2. The van der Waals surface area contributed by atoms with Gasteiger partial charge in [0.1, 0.15) is 0 Å². The zero-order chi connectivity index (χ0) is 14.0. The van der Waals surface area contributed by atoms with Crippen molar-refractivity contribution in [1.29, 1.82) is 0 Å². The highest BCUT2D eigenvalue weighted by Crippen LogP contribution is 2.29. The zero-order valence-corrected chi connectivity index (χ0v) is 13.2. The van der Waals surface area contributed by atoms with Gasteiger partial charge in [-0.2, -0.15) is 0 Å². The Morgan fingerprint density at radius 3 is 2.42 bits per heavy atom. The molecule has 0 bridgehead atoms. The van der Waals surface area contributed by atoms with Crippen molar-refractivity contribution in [3.63, 3.8) is 0 Å². The fourth-order valence-corrected chi connectivity index (χ4v) is 2.78. The van der Waals surface area contributed by atoms with E-state index in [0.29, 0.717) is 0 Å². The summed E-state index contributed by atoms with van der Waals surface area (Å²) in [7, 11) is 0. The number of hydrogen-bond acceptors (Lipinski definition) is 2. The molecule has 3 N–H and O–H groups in total. The van der Waals surface area contributed by atoms with E-state index in [1.54, 1.807) is 0 Å². The van der Waals surface area contributed by atoms with Crippen molar-refractivity contribution in [2.75, 3.05) is 0 Å². The van der Waals surface area contributed by atoms with Crippen LogP contribution < -0.4 is 11.3 Å². The van der Waals surface area contributed by atoms with Crippen molar-refractivity contribution in [1.82, 2.24) is 5.43 Å². The Morgan fingerprint density at radius 1 is 1.11 bits per heavy atom. The summed E-state index contributed by atoms with van der Waals surface area (Å²) in [4.78, 5) is 0. The molecule has 2 aromatic rings. The van der Waals surface area contributed by atoms with Gasteiger partial charge in [0.15, 0.2) is 0 Å². The summed E-state index contributed by atoms with van der Waals surface area (Å²) in [5.41, 5.74) is 7.31. The van der Waals surface area contributed by atoms with Gasteiger partial charge >= 0.3 is 0 Å². The second kappa shape index (κ2) is 6.06. The number of halogens is 2. The fraction of sp³-hybridized carbons (Fsp3) is 0.200. The molecule has 0 aliphatic carbocycles. The third-order valence-electron chi connectivity index (χ3n) is 3.24. The van der Waals surface area contributed by atoms with Crippen LogP contribution in [-0.4, -0.2) is 0 Å². The second-order valence-corrected chi connectivity index (χ2v) is 5.93. The molecule has 2 rings (SSSR count). The van der Waals surface area contributed by atoms with E-state index in [9.17, 15) is 0 Å². The molecule has 2 aromatic carbocycles. The largest absolute Gasteiger partial charge is 0.271 e. The summed E-state index contributed by atoms with van der Waals surface area (Å²) in [6.07, 6.45) is 0. The molecule has 0 fully saturated rings. The van der Waals surface area contributed by atoms with Crippen LogP contribution in [0.1, 0.15) is 28.3 Å². The van der Waals surface area contributed by atoms with Gasteiger partial charge in [-0.15, -0.1) is 0 Å². The van der Waals surface area contributed by atoms with E-state index in [1.807, 2.05) is 31.2 Å². The number of benzene rings is 2. The first-order valence-corrected chi connectivity index (χ1v) is 7.18. The SMILES string of the molecule is Cc1ccc(C(NN)c2ccc(Br)cc2C)cc1Cl. The summed E-state index contributed by atoms with van der Waals surface area (Å²) in [6, 6.07) is 12.1. The van der Waals surface area contributed by atoms with Crippen LogP contribution in [0, 0.1) is 13.8 Å². The minimum atomic E-state index is -0.0637. The van der Waals surface area contributed by atoms with Crippen LogP contribution >= 0.6 is 27.5 Å². The fourth-order valence-electron chi connectivity index (χ4n) is 2.12. The molecule has 1 unspecified atom stereocenters. The average Bonchev–Trinajstić information content (AvgIpc) is 2.37. The highest BCUT2D eigenvalue weighted by molar-refractivity contribution is 9.10. The third-order valence-corrected chi connectivity index (χ3v) is 4.14. The van der Waals surface area contributed by atoms with Gasteiger partial charge in [0.05, 0.1) is 6.04 Å². The van der Waals surface area contributed by atoms with E-state index < -0.39 is 0 Å². The minimum absolute atomic E-state index is 0.0637. The van der Waals surface area contributed by atoms with Crippen molar-refractivity contribution >= 4 is 27.5 Å². The van der Waals surface area contributed by atoms with E-state index in [4.69, 9.17) is 17.4 Å². The molecule has 0 aliphatic heterocycles. The zero-order valence-electron chi connectivity index (χ0n) is 10.9. The van der Waals surface area contributed by atoms with Crippen molar-refractivity contribution in [3.05, 3.63) is 68.1 Å². The van der Waals surface area contributed by atoms with Gasteiger partial charge < -0.3 is 0 Å². The molecule has 0 aromatic heterocycles. The van der Waals surface area contributed by atoms with Gasteiger partial charge in [0.25, 0.3) is 0 Å². The molecule has 19 heavy (non-hydrogen) atoms. The summed E-state index contributed by atoms with van der Waals surface area (Å²) in [6.45, 7) is 4.06. The predicted octanol–water partition coefficient (Wildman–Crippen LogP) is 4.27. The Labute approximate surface area is 127 Å². The summed E-state index contributed by atoms with van der Waals surface area (Å²) in [5.74, 6) is 5.73. The standard InChI is InChI=1S/C15H16BrClN2/c1-9-3-4-11(8-14(9)17)15(19-18)13-6-5-12(16)7-10(13)2/h3-8,15,19H,18H2,1-2H3. The molecule has 0 heterocycles. The van der Waals surface area contributed by atoms with Crippen molar-refractivity contribution < 1.29 is 0 Å². The van der Waals surface area contributed by atoms with Crippen LogP contribution in [0.15, 0.2) is 40.9 Å². The molecular weight excluding hydrogens is 324 g/mol. The van der Waals surface area contributed by atoms with E-state index in [-0.39, 0.29) is 6.04 Å². The topological polar surface area (TPSA) is 38.0 Å². The van der Waals surface area contributed by atoms with Crippen LogP contribution in [0.3, 0.4) is 0 Å². The van der Waals surface area contributed by atoms with Gasteiger partial charge in [-0.05, 0) is 54.3 Å². The second-order valence-electron chi connectivity index (χ2n) is 4.61. The van der Waals surface area contributed by atoms with Crippen LogP contribution in [0.5, 0.6) is 0 Å². The quantitative estimate of drug-likeness (QED) is 0.647. The molecule has 0 saturated heterocycles. The molecule has 0 radical (unpaired) electrons. The maximum atomic E-state index is 6.19. The summed E-state index contributed by atoms with van der Waals surface area (Å²) >= 11 is 9.66. The Bertz CT molecular complexity index is 599. The lowest BCUT2D eigenvalue weighted by Gasteiger charge is -2.20. The Morgan fingerprint density at radius 2 is 1.84 bits per heavy atom. The van der Waals surface area contributed by atoms with Crippen molar-refractivity contribution in [2.45, 2.75) is 19.9 Å². The number of hydrazine groups is 1. The molecule has 2 nitrogen and oxygen atoms in total. The van der Waals surface area contributed by atoms with Gasteiger partial charge in [-0.25, -0.2) is 5.43 Å². The van der Waals surface area contributed by atoms with E-state index in [1.165, 1.54) is 5.56 Å². The van der Waals surface area contributed by atoms with Crippen molar-refractivity contribution in [2.24, 2.45) is 5.84 Å². The molecular formula is C15H16BrClN2. The molecule has 4 heteroatoms. The Kier molecular flexibility index (Phi) is 4.63. The van der Waals surface area contributed by atoms with Gasteiger partial charge in [-0.1, -0.05) is 45.7 Å². The lowest BCUT2D eigenvalue weighted by molar-refractivity contribution is 0.633. The highest BCUT2D eigenvalue weighted by Gasteiger charge is 2.15. The molecule has 100 valence electrons. The first-order chi connectivity index (χ1) is 9.02. The van der Waals surface area contributed by atoms with E-state index >= 15 is 0 Å². The smallest absolute Gasteiger partial charge is 0.0713 e. The first-order valence-electron chi connectivity index (χ1n) is 6.01. The number of nitrogens with one attached hydrogen (secondary N) is 1. The Hall–Kier alpha value is -0.870. The van der Waals surface area contributed by atoms with Crippen molar-refractivity contribution in [3.8, 4) is 0 Å². The summed E-state index contributed by atoms with van der Waals surface area (Å²) < 4.78 is 1.06. The monoisotopic (exact) mass is 338 g/mol. The molecule has 0 amide bonds. The van der Waals surface area contributed by atoms with Crippen LogP contribution in [0.25, 0.3) is 0 Å². The highest BCUT2D eigenvalue weighted by atomic mass is 79.9. The number of rotatable bonds is 3. The first kappa shape index (κ1) is 14.5. The maximum Gasteiger partial charge on any atom is 0.0713 e. The molecule has 1 atom stereocenters. The van der Waals surface area contributed by atoms with E-state index in [0.717, 1.165) is 26.2 Å². The molecule has 0 spiro atoms. The van der Waals surface area contributed by atoms with Gasteiger partial charge in [0, 0.05) is 9.50 Å². The lowest BCUT2D eigenvalue weighted by Crippen LogP contribution is -2.29. The van der Waals surface area contributed by atoms with Gasteiger partial charge in [0.2, 0.25) is 0 Å². The molecule has 0 aliphatic rings. The van der Waals surface area contributed by atoms with Gasteiger partial charge in [-0.3, -0.25) is 5.84 Å². The van der Waals surface area contributed by atoms with Crippen LogP contribution in [-0.2, 0) is 0 Å². The lowest BCUT2D eigenvalue weighted by atomic mass is 9.95. The molecule has 0 saturated carbocycles. The maximum absolute atomic E-state index is 6.19. The average molecular weight is 340 g/mol. The summed E-state index contributed by atoms with van der Waals surface area (Å²) in [5, 5.41) is 0.757. The minimum Gasteiger partial charge on any atom is -0.271 e. The normalized spacial score (nSPS) is 12.5. The number of hydrogen-bond donors (Lipinski definition) is 2.